The topological polar surface area (TPSA) is 92.3 Å². The monoisotopic (exact) mass is 404 g/mol. The van der Waals surface area contributed by atoms with Gasteiger partial charge in [-0.15, -0.1) is 11.8 Å². The second-order valence-corrected chi connectivity index (χ2v) is 9.92. The van der Waals surface area contributed by atoms with Gasteiger partial charge in [-0.2, -0.15) is 0 Å². The first kappa shape index (κ1) is 19.4. The smallest absolute Gasteiger partial charge is 0.256 e. The van der Waals surface area contributed by atoms with Gasteiger partial charge in [0.1, 0.15) is 0 Å². The van der Waals surface area contributed by atoms with Crippen LogP contribution < -0.4 is 10.6 Å². The van der Waals surface area contributed by atoms with Crippen LogP contribution in [0.5, 0.6) is 0 Å². The Morgan fingerprint density at radius 2 is 1.63 bits per heavy atom. The summed E-state index contributed by atoms with van der Waals surface area (Å²) in [6, 6.07) is 14.0. The summed E-state index contributed by atoms with van der Waals surface area (Å²) in [7, 11) is -2.96. The van der Waals surface area contributed by atoms with Gasteiger partial charge in [-0.1, -0.05) is 12.1 Å². The zero-order valence-electron chi connectivity index (χ0n) is 14.8. The lowest BCUT2D eigenvalue weighted by molar-refractivity contribution is -0.114. The third-order valence-electron chi connectivity index (χ3n) is 4.08. The molecule has 1 heterocycles. The lowest BCUT2D eigenvalue weighted by Gasteiger charge is -2.13. The van der Waals surface area contributed by atoms with Gasteiger partial charge < -0.3 is 10.6 Å². The Morgan fingerprint density at radius 1 is 1.00 bits per heavy atom. The maximum atomic E-state index is 12.7. The molecule has 27 heavy (non-hydrogen) atoms. The molecule has 8 heteroatoms. The Kier molecular flexibility index (Phi) is 5.86. The molecule has 0 aliphatic carbocycles. The van der Waals surface area contributed by atoms with Gasteiger partial charge in [0, 0.05) is 28.4 Å². The Morgan fingerprint density at radius 3 is 2.22 bits per heavy atom. The summed E-state index contributed by atoms with van der Waals surface area (Å²) >= 11 is 1.44. The van der Waals surface area contributed by atoms with Crippen LogP contribution in [0.2, 0.25) is 0 Å². The number of hydrogen-bond acceptors (Lipinski definition) is 5. The van der Waals surface area contributed by atoms with Crippen LogP contribution in [0.4, 0.5) is 11.4 Å². The van der Waals surface area contributed by atoms with Crippen molar-refractivity contribution in [2.75, 3.05) is 22.1 Å². The molecule has 0 aromatic heterocycles. The normalized spacial score (nSPS) is 18.0. The van der Waals surface area contributed by atoms with E-state index < -0.39 is 9.84 Å². The third kappa shape index (κ3) is 5.33. The van der Waals surface area contributed by atoms with E-state index in [1.807, 2.05) is 12.1 Å². The maximum absolute atomic E-state index is 12.7. The predicted molar refractivity (Wildman–Crippen MR) is 108 cm³/mol. The van der Waals surface area contributed by atoms with E-state index in [9.17, 15) is 18.0 Å². The van der Waals surface area contributed by atoms with Gasteiger partial charge >= 0.3 is 0 Å². The minimum atomic E-state index is -2.96. The van der Waals surface area contributed by atoms with Crippen LogP contribution in [0.1, 0.15) is 23.7 Å². The summed E-state index contributed by atoms with van der Waals surface area (Å²) in [4.78, 5) is 24.5. The molecule has 142 valence electrons. The first-order chi connectivity index (χ1) is 12.8. The van der Waals surface area contributed by atoms with Crippen LogP contribution in [0.25, 0.3) is 0 Å². The van der Waals surface area contributed by atoms with Crippen LogP contribution in [0, 0.1) is 0 Å². The quantitative estimate of drug-likeness (QED) is 0.798. The van der Waals surface area contributed by atoms with E-state index in [0.717, 1.165) is 4.90 Å². The fraction of sp³-hybridized carbons (Fsp3) is 0.263. The van der Waals surface area contributed by atoms with Gasteiger partial charge in [0.15, 0.2) is 9.84 Å². The second kappa shape index (κ2) is 8.14. The van der Waals surface area contributed by atoms with Crippen molar-refractivity contribution in [3.8, 4) is 0 Å². The van der Waals surface area contributed by atoms with Crippen molar-refractivity contribution in [2.24, 2.45) is 0 Å². The van der Waals surface area contributed by atoms with Gasteiger partial charge in [-0.3, -0.25) is 9.59 Å². The highest BCUT2D eigenvalue weighted by Crippen LogP contribution is 2.33. The third-order valence-corrected chi connectivity index (χ3v) is 7.40. The lowest BCUT2D eigenvalue weighted by atomic mass is 10.2. The molecule has 2 N–H and O–H groups in total. The molecule has 3 rings (SSSR count). The average Bonchev–Trinajstić information content (AvgIpc) is 2.95. The van der Waals surface area contributed by atoms with E-state index in [1.165, 1.54) is 18.7 Å². The van der Waals surface area contributed by atoms with Crippen molar-refractivity contribution in [3.63, 3.8) is 0 Å². The minimum Gasteiger partial charge on any atom is -0.326 e. The Bertz CT molecular complexity index is 956. The van der Waals surface area contributed by atoms with Crippen LogP contribution >= 0.6 is 11.8 Å². The standard InChI is InChI=1S/C19H20N2O4S2/c1-13(22)20-14-6-8-15(9-7-14)21-19(23)17-4-2-3-5-18(17)26-16-10-11-27(24,25)12-16/h2-9,16H,10-12H2,1H3,(H,20,22)(H,21,23)/t16-/m1/s1. The zero-order chi connectivity index (χ0) is 19.4. The van der Waals surface area contributed by atoms with Gasteiger partial charge in [-0.25, -0.2) is 8.42 Å². The van der Waals surface area contributed by atoms with E-state index >= 15 is 0 Å². The highest BCUT2D eigenvalue weighted by Gasteiger charge is 2.29. The maximum Gasteiger partial charge on any atom is 0.256 e. The van der Waals surface area contributed by atoms with Gasteiger partial charge in [0.05, 0.1) is 17.1 Å². The fourth-order valence-corrected chi connectivity index (χ4v) is 6.46. The van der Waals surface area contributed by atoms with E-state index in [-0.39, 0.29) is 28.6 Å². The summed E-state index contributed by atoms with van der Waals surface area (Å²) in [5.74, 6) is -0.0596. The molecular weight excluding hydrogens is 384 g/mol. The van der Waals surface area contributed by atoms with Crippen molar-refractivity contribution in [1.82, 2.24) is 0 Å². The summed E-state index contributed by atoms with van der Waals surface area (Å²) in [6.07, 6.45) is 0.605. The molecule has 6 nitrogen and oxygen atoms in total. The molecule has 1 saturated heterocycles. The Balaban J connectivity index is 1.70. The number of hydrogen-bond donors (Lipinski definition) is 2. The Labute approximate surface area is 162 Å². The van der Waals surface area contributed by atoms with Crippen molar-refractivity contribution >= 4 is 44.8 Å². The highest BCUT2D eigenvalue weighted by molar-refractivity contribution is 8.02. The fourth-order valence-electron chi connectivity index (χ4n) is 2.83. The van der Waals surface area contributed by atoms with Gasteiger partial charge in [0.2, 0.25) is 5.91 Å². The predicted octanol–water partition coefficient (Wildman–Crippen LogP) is 3.18. The molecule has 2 aromatic carbocycles. The van der Waals surface area contributed by atoms with E-state index in [4.69, 9.17) is 0 Å². The average molecular weight is 405 g/mol. The number of anilines is 2. The van der Waals surface area contributed by atoms with Crippen LogP contribution in [-0.4, -0.2) is 37.0 Å². The second-order valence-electron chi connectivity index (χ2n) is 6.35. The zero-order valence-corrected chi connectivity index (χ0v) is 16.4. The SMILES string of the molecule is CC(=O)Nc1ccc(NC(=O)c2ccccc2S[C@@H]2CCS(=O)(=O)C2)cc1. The molecule has 0 radical (unpaired) electrons. The van der Waals surface area contributed by atoms with E-state index in [2.05, 4.69) is 10.6 Å². The molecule has 0 saturated carbocycles. The molecule has 0 bridgehead atoms. The van der Waals surface area contributed by atoms with Crippen molar-refractivity contribution in [1.29, 1.82) is 0 Å². The first-order valence-corrected chi connectivity index (χ1v) is 11.2. The molecule has 1 atom stereocenters. The number of sulfone groups is 1. The molecular formula is C19H20N2O4S2. The highest BCUT2D eigenvalue weighted by atomic mass is 32.2. The summed E-state index contributed by atoms with van der Waals surface area (Å²) in [5, 5.41) is 5.48. The largest absolute Gasteiger partial charge is 0.326 e. The lowest BCUT2D eigenvalue weighted by Crippen LogP contribution is -2.14. The number of carbonyl (C=O) groups excluding carboxylic acids is 2. The number of rotatable bonds is 5. The van der Waals surface area contributed by atoms with Crippen LogP contribution in [0.3, 0.4) is 0 Å². The van der Waals surface area contributed by atoms with Gasteiger partial charge in [0.25, 0.3) is 5.91 Å². The van der Waals surface area contributed by atoms with E-state index in [0.29, 0.717) is 23.4 Å². The molecule has 2 aromatic rings. The summed E-state index contributed by atoms with van der Waals surface area (Å²) in [6.45, 7) is 1.43. The van der Waals surface area contributed by atoms with Crippen molar-refractivity contribution in [2.45, 2.75) is 23.5 Å². The molecule has 0 unspecified atom stereocenters. The molecule has 0 spiro atoms. The minimum absolute atomic E-state index is 0.0270. The summed E-state index contributed by atoms with van der Waals surface area (Å²) < 4.78 is 23.3. The van der Waals surface area contributed by atoms with Crippen LogP contribution in [-0.2, 0) is 14.6 Å². The number of thioether (sulfide) groups is 1. The molecule has 2 amide bonds. The Hall–Kier alpha value is -2.32. The number of nitrogens with one attached hydrogen (secondary N) is 2. The molecule has 1 aliphatic heterocycles. The van der Waals surface area contributed by atoms with Crippen LogP contribution in [0.15, 0.2) is 53.4 Å². The first-order valence-electron chi connectivity index (χ1n) is 8.47. The molecule has 1 aliphatic rings. The summed E-state index contributed by atoms with van der Waals surface area (Å²) in [5.41, 5.74) is 1.77. The number of benzene rings is 2. The van der Waals surface area contributed by atoms with Crippen molar-refractivity contribution < 1.29 is 18.0 Å². The number of amides is 2. The van der Waals surface area contributed by atoms with Crippen molar-refractivity contribution in [3.05, 3.63) is 54.1 Å². The number of carbonyl (C=O) groups is 2. The van der Waals surface area contributed by atoms with E-state index in [1.54, 1.807) is 36.4 Å². The van der Waals surface area contributed by atoms with Gasteiger partial charge in [-0.05, 0) is 42.8 Å². The molecule has 1 fully saturated rings.